The van der Waals surface area contributed by atoms with Crippen LogP contribution >= 0.6 is 23.1 Å². The number of carbonyl (C=O) groups excluding carboxylic acids is 1. The SMILES string of the molecule is CCNc1nc(SCC(=O)N2CCN(Cc3cccs3)CC2)nc2ccccc12. The molecule has 6 nitrogen and oxygen atoms in total. The number of thioether (sulfide) groups is 1. The number of thiophene rings is 1. The van der Waals surface area contributed by atoms with Crippen molar-refractivity contribution in [1.29, 1.82) is 0 Å². The fourth-order valence-electron chi connectivity index (χ4n) is 3.42. The Balaban J connectivity index is 1.33. The highest BCUT2D eigenvalue weighted by Gasteiger charge is 2.21. The van der Waals surface area contributed by atoms with Gasteiger partial charge in [-0.25, -0.2) is 9.97 Å². The summed E-state index contributed by atoms with van der Waals surface area (Å²) < 4.78 is 0. The first-order valence-corrected chi connectivity index (χ1v) is 11.8. The van der Waals surface area contributed by atoms with E-state index in [2.05, 4.69) is 37.7 Å². The van der Waals surface area contributed by atoms with Gasteiger partial charge in [-0.15, -0.1) is 11.3 Å². The van der Waals surface area contributed by atoms with E-state index in [0.717, 1.165) is 56.0 Å². The number of piperazine rings is 1. The van der Waals surface area contributed by atoms with E-state index in [1.807, 2.05) is 36.1 Å². The summed E-state index contributed by atoms with van der Waals surface area (Å²) in [4.78, 5) is 27.7. The highest BCUT2D eigenvalue weighted by atomic mass is 32.2. The topological polar surface area (TPSA) is 61.4 Å². The number of benzene rings is 1. The van der Waals surface area contributed by atoms with Crippen LogP contribution < -0.4 is 5.32 Å². The number of nitrogens with zero attached hydrogens (tertiary/aromatic N) is 4. The van der Waals surface area contributed by atoms with Gasteiger partial charge in [0, 0.05) is 49.5 Å². The zero-order chi connectivity index (χ0) is 20.1. The lowest BCUT2D eigenvalue weighted by Gasteiger charge is -2.34. The number of fused-ring (bicyclic) bond motifs is 1. The standard InChI is InChI=1S/C21H25N5OS2/c1-2-22-20-17-7-3-4-8-18(17)23-21(24-20)29-15-19(27)26-11-9-25(10-12-26)14-16-6-5-13-28-16/h3-8,13H,2,9-12,14-15H2,1H3,(H,22,23,24). The lowest BCUT2D eigenvalue weighted by Crippen LogP contribution is -2.48. The molecule has 152 valence electrons. The zero-order valence-electron chi connectivity index (χ0n) is 16.5. The summed E-state index contributed by atoms with van der Waals surface area (Å²) in [6, 6.07) is 12.2. The summed E-state index contributed by atoms with van der Waals surface area (Å²) in [6.45, 7) is 7.23. The van der Waals surface area contributed by atoms with Crippen LogP contribution in [-0.4, -0.2) is 64.2 Å². The maximum absolute atomic E-state index is 12.7. The van der Waals surface area contributed by atoms with Crippen molar-refractivity contribution in [3.8, 4) is 0 Å². The van der Waals surface area contributed by atoms with Crippen LogP contribution in [0.5, 0.6) is 0 Å². The van der Waals surface area contributed by atoms with Crippen molar-refractivity contribution in [3.05, 3.63) is 46.7 Å². The molecule has 0 aliphatic carbocycles. The van der Waals surface area contributed by atoms with Crippen LogP contribution in [0.25, 0.3) is 10.9 Å². The molecule has 4 rings (SSSR count). The molecule has 3 aromatic rings. The number of anilines is 1. The Labute approximate surface area is 179 Å². The van der Waals surface area contributed by atoms with Gasteiger partial charge in [0.15, 0.2) is 5.16 Å². The highest BCUT2D eigenvalue weighted by Crippen LogP contribution is 2.24. The minimum absolute atomic E-state index is 0.160. The van der Waals surface area contributed by atoms with Crippen LogP contribution in [0.15, 0.2) is 46.9 Å². The van der Waals surface area contributed by atoms with Gasteiger partial charge in [0.25, 0.3) is 0 Å². The van der Waals surface area contributed by atoms with Gasteiger partial charge >= 0.3 is 0 Å². The van der Waals surface area contributed by atoms with Crippen LogP contribution in [0, 0.1) is 0 Å². The fraction of sp³-hybridized carbons (Fsp3) is 0.381. The maximum atomic E-state index is 12.7. The Morgan fingerprint density at radius 1 is 1.14 bits per heavy atom. The lowest BCUT2D eigenvalue weighted by molar-refractivity contribution is -0.130. The van der Waals surface area contributed by atoms with Crippen molar-refractivity contribution < 1.29 is 4.79 Å². The molecule has 1 aromatic carbocycles. The highest BCUT2D eigenvalue weighted by molar-refractivity contribution is 7.99. The van der Waals surface area contributed by atoms with Crippen LogP contribution in [0.1, 0.15) is 11.8 Å². The Morgan fingerprint density at radius 2 is 1.97 bits per heavy atom. The van der Waals surface area contributed by atoms with Gasteiger partial charge in [0.2, 0.25) is 5.91 Å². The van der Waals surface area contributed by atoms with Gasteiger partial charge in [-0.05, 0) is 30.5 Å². The molecule has 8 heteroatoms. The number of hydrogen-bond donors (Lipinski definition) is 1. The first kappa shape index (κ1) is 20.1. The van der Waals surface area contributed by atoms with E-state index in [4.69, 9.17) is 0 Å². The van der Waals surface area contributed by atoms with E-state index in [1.165, 1.54) is 16.6 Å². The van der Waals surface area contributed by atoms with E-state index >= 15 is 0 Å². The molecule has 1 amide bonds. The molecule has 0 radical (unpaired) electrons. The van der Waals surface area contributed by atoms with Gasteiger partial charge in [-0.1, -0.05) is 30.0 Å². The number of rotatable bonds is 7. The summed E-state index contributed by atoms with van der Waals surface area (Å²) in [5.41, 5.74) is 0.899. The molecule has 0 saturated carbocycles. The molecule has 29 heavy (non-hydrogen) atoms. The molecule has 0 unspecified atom stereocenters. The third-order valence-electron chi connectivity index (χ3n) is 4.94. The Morgan fingerprint density at radius 3 is 2.72 bits per heavy atom. The van der Waals surface area contributed by atoms with Crippen molar-refractivity contribution in [2.24, 2.45) is 0 Å². The summed E-state index contributed by atoms with van der Waals surface area (Å²) in [6.07, 6.45) is 0. The van der Waals surface area contributed by atoms with Gasteiger partial charge in [-0.3, -0.25) is 9.69 Å². The minimum atomic E-state index is 0.160. The van der Waals surface area contributed by atoms with Crippen molar-refractivity contribution in [2.45, 2.75) is 18.6 Å². The zero-order valence-corrected chi connectivity index (χ0v) is 18.1. The number of aromatic nitrogens is 2. The minimum Gasteiger partial charge on any atom is -0.370 e. The number of amides is 1. The van der Waals surface area contributed by atoms with E-state index in [-0.39, 0.29) is 5.91 Å². The van der Waals surface area contributed by atoms with Crippen LogP contribution in [0.4, 0.5) is 5.82 Å². The van der Waals surface area contributed by atoms with E-state index in [1.54, 1.807) is 11.3 Å². The van der Waals surface area contributed by atoms with Gasteiger partial charge in [0.05, 0.1) is 11.3 Å². The second kappa shape index (κ2) is 9.56. The summed E-state index contributed by atoms with van der Waals surface area (Å²) >= 11 is 3.21. The average molecular weight is 428 g/mol. The van der Waals surface area contributed by atoms with E-state index < -0.39 is 0 Å². The van der Waals surface area contributed by atoms with Crippen LogP contribution in [-0.2, 0) is 11.3 Å². The molecule has 3 heterocycles. The molecule has 1 fully saturated rings. The monoisotopic (exact) mass is 427 g/mol. The Bertz CT molecular complexity index is 955. The Hall–Kier alpha value is -2.16. The number of carbonyl (C=O) groups is 1. The quantitative estimate of drug-likeness (QED) is 0.460. The molecular weight excluding hydrogens is 402 g/mol. The van der Waals surface area contributed by atoms with Gasteiger partial charge < -0.3 is 10.2 Å². The molecule has 1 N–H and O–H groups in total. The summed E-state index contributed by atoms with van der Waals surface area (Å²) in [5, 5.41) is 7.06. The molecule has 0 atom stereocenters. The van der Waals surface area contributed by atoms with Crippen LogP contribution in [0.3, 0.4) is 0 Å². The average Bonchev–Trinajstić information content (AvgIpc) is 3.26. The van der Waals surface area contributed by atoms with Crippen molar-refractivity contribution in [2.75, 3.05) is 43.8 Å². The third-order valence-corrected chi connectivity index (χ3v) is 6.63. The van der Waals surface area contributed by atoms with Crippen LogP contribution in [0.2, 0.25) is 0 Å². The largest absolute Gasteiger partial charge is 0.370 e. The molecular formula is C21H25N5OS2. The second-order valence-corrected chi connectivity index (χ2v) is 8.90. The Kier molecular flexibility index (Phi) is 6.63. The van der Waals surface area contributed by atoms with E-state index in [9.17, 15) is 4.79 Å². The number of hydrogen-bond acceptors (Lipinski definition) is 7. The first-order chi connectivity index (χ1) is 14.2. The lowest BCUT2D eigenvalue weighted by atomic mass is 10.2. The third kappa shape index (κ3) is 5.07. The molecule has 1 aliphatic rings. The van der Waals surface area contributed by atoms with E-state index in [0.29, 0.717) is 10.9 Å². The molecule has 0 spiro atoms. The molecule has 2 aromatic heterocycles. The van der Waals surface area contributed by atoms with Crippen molar-refractivity contribution >= 4 is 45.7 Å². The summed E-state index contributed by atoms with van der Waals surface area (Å²) in [7, 11) is 0. The van der Waals surface area contributed by atoms with Gasteiger partial charge in [-0.2, -0.15) is 0 Å². The maximum Gasteiger partial charge on any atom is 0.233 e. The molecule has 1 aliphatic heterocycles. The van der Waals surface area contributed by atoms with Crippen molar-refractivity contribution in [1.82, 2.24) is 19.8 Å². The summed E-state index contributed by atoms with van der Waals surface area (Å²) in [5.74, 6) is 1.36. The predicted octanol–water partition coefficient (Wildman–Crippen LogP) is 3.56. The number of nitrogens with one attached hydrogen (secondary N) is 1. The smallest absolute Gasteiger partial charge is 0.233 e. The van der Waals surface area contributed by atoms with Crippen molar-refractivity contribution in [3.63, 3.8) is 0 Å². The molecule has 0 bridgehead atoms. The first-order valence-electron chi connectivity index (χ1n) is 9.89. The number of para-hydroxylation sites is 1. The normalized spacial score (nSPS) is 15.0. The van der Waals surface area contributed by atoms with Gasteiger partial charge in [0.1, 0.15) is 5.82 Å². The fourth-order valence-corrected chi connectivity index (χ4v) is 4.92. The predicted molar refractivity (Wildman–Crippen MR) is 121 cm³/mol. The molecule has 1 saturated heterocycles. The second-order valence-electron chi connectivity index (χ2n) is 6.93.